The van der Waals surface area contributed by atoms with Gasteiger partial charge in [0.2, 0.25) is 0 Å². The fourth-order valence-electron chi connectivity index (χ4n) is 4.74. The molecule has 190 valence electrons. The van der Waals surface area contributed by atoms with Gasteiger partial charge in [-0.1, -0.05) is 59.9 Å². The lowest BCUT2D eigenvalue weighted by atomic mass is 9.87. The molecule has 1 aliphatic carbocycles. The van der Waals surface area contributed by atoms with Gasteiger partial charge in [-0.05, 0) is 72.2 Å². The molecule has 0 fully saturated rings. The molecular weight excluding hydrogens is 487 g/mol. The second-order valence-electron chi connectivity index (χ2n) is 9.33. The molecule has 1 N–H and O–H groups in total. The zero-order valence-electron chi connectivity index (χ0n) is 20.7. The Hall–Kier alpha value is -3.71. The monoisotopic (exact) mass is 516 g/mol. The first-order valence-electron chi connectivity index (χ1n) is 12.5. The maximum Gasteiger partial charge on any atom is 0.310 e. The van der Waals surface area contributed by atoms with Crippen molar-refractivity contribution in [2.24, 2.45) is 5.92 Å². The zero-order valence-corrected chi connectivity index (χ0v) is 21.5. The van der Waals surface area contributed by atoms with Crippen molar-refractivity contribution in [1.82, 2.24) is 4.98 Å². The van der Waals surface area contributed by atoms with Gasteiger partial charge < -0.3 is 14.7 Å². The Morgan fingerprint density at radius 1 is 1.11 bits per heavy atom. The molecule has 5 rings (SSSR count). The molecule has 0 aliphatic heterocycles. The third-order valence-electron chi connectivity index (χ3n) is 6.83. The first-order valence-corrected chi connectivity index (χ1v) is 13.3. The van der Waals surface area contributed by atoms with Crippen molar-refractivity contribution >= 4 is 38.2 Å². The molecule has 1 aromatic heterocycles. The van der Waals surface area contributed by atoms with E-state index >= 15 is 0 Å². The summed E-state index contributed by atoms with van der Waals surface area (Å²) in [5.74, 6) is -0.587. The number of nitrogens with zero attached hydrogens (tertiary/aromatic N) is 2. The number of aliphatic carboxylic acids is 1. The van der Waals surface area contributed by atoms with E-state index in [4.69, 9.17) is 9.72 Å². The molecule has 3 aromatic carbocycles. The average Bonchev–Trinajstić information content (AvgIpc) is 3.37. The molecule has 1 aliphatic rings. The van der Waals surface area contributed by atoms with Gasteiger partial charge in [0.25, 0.3) is 0 Å². The third-order valence-corrected chi connectivity index (χ3v) is 7.97. The Labute approximate surface area is 219 Å². The molecule has 4 aromatic rings. The van der Waals surface area contributed by atoms with Crippen molar-refractivity contribution in [3.63, 3.8) is 0 Å². The lowest BCUT2D eigenvalue weighted by molar-refractivity contribution is -0.140. The molecular formula is C30H29FN2O3S. The number of fused-ring (bicyclic) bond motifs is 1. The number of halogens is 1. The number of benzene rings is 3. The summed E-state index contributed by atoms with van der Waals surface area (Å²) in [4.78, 5) is 18.4. The smallest absolute Gasteiger partial charge is 0.310 e. The van der Waals surface area contributed by atoms with E-state index in [1.54, 1.807) is 13.2 Å². The number of thiazole rings is 1. The van der Waals surface area contributed by atoms with E-state index in [1.165, 1.54) is 23.0 Å². The Balaban J connectivity index is 1.37. The zero-order chi connectivity index (χ0) is 25.8. The predicted molar refractivity (Wildman–Crippen MR) is 147 cm³/mol. The van der Waals surface area contributed by atoms with Crippen molar-refractivity contribution in [2.45, 2.75) is 32.2 Å². The van der Waals surface area contributed by atoms with E-state index in [0.29, 0.717) is 23.2 Å². The molecule has 37 heavy (non-hydrogen) atoms. The van der Waals surface area contributed by atoms with Gasteiger partial charge in [-0.3, -0.25) is 4.79 Å². The molecule has 1 unspecified atom stereocenters. The molecule has 0 amide bonds. The SMILES string of the molecule is COc1ccc(CCN(Cc2ccc(C3=CC(C(=O)O)CCC3)cc2)c2nc3cccc(F)c3s2)cc1. The predicted octanol–water partition coefficient (Wildman–Crippen LogP) is 6.96. The van der Waals surface area contributed by atoms with Crippen LogP contribution in [-0.4, -0.2) is 29.7 Å². The van der Waals surface area contributed by atoms with Crippen LogP contribution in [0.1, 0.15) is 36.0 Å². The first kappa shape index (κ1) is 25.0. The largest absolute Gasteiger partial charge is 0.497 e. The van der Waals surface area contributed by atoms with Gasteiger partial charge >= 0.3 is 5.97 Å². The maximum absolute atomic E-state index is 14.4. The van der Waals surface area contributed by atoms with Gasteiger partial charge in [-0.15, -0.1) is 0 Å². The van der Waals surface area contributed by atoms with Gasteiger partial charge in [-0.2, -0.15) is 0 Å². The molecule has 0 radical (unpaired) electrons. The molecule has 1 heterocycles. The third kappa shape index (κ3) is 5.83. The number of ether oxygens (including phenoxy) is 1. The van der Waals surface area contributed by atoms with Crippen molar-refractivity contribution in [3.05, 3.63) is 95.3 Å². The standard InChI is InChI=1S/C30H29FN2O3S/c1-36-25-14-10-20(11-15-25)16-17-33(30-32-27-7-3-6-26(31)28(27)37-30)19-21-8-12-22(13-9-21)23-4-2-5-24(18-23)29(34)35/h3,6-15,18,24H,2,4-5,16-17,19H2,1H3,(H,34,35). The number of aromatic nitrogens is 1. The summed E-state index contributed by atoms with van der Waals surface area (Å²) in [5.41, 5.74) is 5.14. The highest BCUT2D eigenvalue weighted by Crippen LogP contribution is 2.33. The highest BCUT2D eigenvalue weighted by Gasteiger charge is 2.21. The Morgan fingerprint density at radius 3 is 2.57 bits per heavy atom. The van der Waals surface area contributed by atoms with E-state index in [-0.39, 0.29) is 5.82 Å². The normalized spacial score (nSPS) is 15.4. The Bertz CT molecular complexity index is 1410. The summed E-state index contributed by atoms with van der Waals surface area (Å²) in [6.07, 6.45) is 5.19. The molecule has 0 spiro atoms. The summed E-state index contributed by atoms with van der Waals surface area (Å²) in [7, 11) is 1.66. The molecule has 0 bridgehead atoms. The fourth-order valence-corrected chi connectivity index (χ4v) is 5.73. The summed E-state index contributed by atoms with van der Waals surface area (Å²) in [6.45, 7) is 1.36. The van der Waals surface area contributed by atoms with E-state index < -0.39 is 11.9 Å². The number of allylic oxidation sites excluding steroid dienone is 1. The van der Waals surface area contributed by atoms with Crippen LogP contribution in [0, 0.1) is 11.7 Å². The minimum absolute atomic E-state index is 0.249. The maximum atomic E-state index is 14.4. The highest BCUT2D eigenvalue weighted by atomic mass is 32.1. The summed E-state index contributed by atoms with van der Waals surface area (Å²) in [5, 5.41) is 10.2. The Morgan fingerprint density at radius 2 is 1.86 bits per heavy atom. The van der Waals surface area contributed by atoms with E-state index in [9.17, 15) is 14.3 Å². The van der Waals surface area contributed by atoms with Crippen LogP contribution in [0.15, 0.2) is 72.8 Å². The number of carboxylic acids is 1. The minimum atomic E-state index is -0.756. The van der Waals surface area contributed by atoms with Crippen molar-refractivity contribution < 1.29 is 19.0 Å². The molecule has 0 saturated heterocycles. The average molecular weight is 517 g/mol. The fraction of sp³-hybridized carbons (Fsp3) is 0.267. The van der Waals surface area contributed by atoms with Crippen LogP contribution in [0.5, 0.6) is 5.75 Å². The molecule has 5 nitrogen and oxygen atoms in total. The number of methoxy groups -OCH3 is 1. The van der Waals surface area contributed by atoms with Crippen LogP contribution in [0.2, 0.25) is 0 Å². The van der Waals surface area contributed by atoms with E-state index in [2.05, 4.69) is 41.3 Å². The molecule has 7 heteroatoms. The number of anilines is 1. The van der Waals surface area contributed by atoms with Crippen molar-refractivity contribution in [1.29, 1.82) is 0 Å². The van der Waals surface area contributed by atoms with Crippen LogP contribution in [0.25, 0.3) is 15.8 Å². The molecule has 1 atom stereocenters. The minimum Gasteiger partial charge on any atom is -0.497 e. The topological polar surface area (TPSA) is 62.7 Å². The van der Waals surface area contributed by atoms with Gasteiger partial charge in [0, 0.05) is 13.1 Å². The van der Waals surface area contributed by atoms with Gasteiger partial charge in [0.15, 0.2) is 5.13 Å². The molecule has 0 saturated carbocycles. The van der Waals surface area contributed by atoms with Crippen LogP contribution in [0.3, 0.4) is 0 Å². The number of carbonyl (C=O) groups is 1. The number of hydrogen-bond acceptors (Lipinski definition) is 5. The first-order chi connectivity index (χ1) is 18.0. The van der Waals surface area contributed by atoms with E-state index in [0.717, 1.165) is 53.4 Å². The summed E-state index contributed by atoms with van der Waals surface area (Å²) < 4.78 is 20.2. The van der Waals surface area contributed by atoms with Crippen molar-refractivity contribution in [2.75, 3.05) is 18.6 Å². The Kier molecular flexibility index (Phi) is 7.51. The lowest BCUT2D eigenvalue weighted by Crippen LogP contribution is -2.25. The van der Waals surface area contributed by atoms with Crippen LogP contribution in [0.4, 0.5) is 9.52 Å². The van der Waals surface area contributed by atoms with Gasteiger partial charge in [0.05, 0.1) is 23.2 Å². The number of rotatable bonds is 9. The lowest BCUT2D eigenvalue weighted by Gasteiger charge is -2.23. The summed E-state index contributed by atoms with van der Waals surface area (Å²) in [6, 6.07) is 21.4. The highest BCUT2D eigenvalue weighted by molar-refractivity contribution is 7.22. The van der Waals surface area contributed by atoms with Crippen LogP contribution >= 0.6 is 11.3 Å². The number of hydrogen-bond donors (Lipinski definition) is 1. The quantitative estimate of drug-likeness (QED) is 0.261. The van der Waals surface area contributed by atoms with E-state index in [1.807, 2.05) is 24.3 Å². The van der Waals surface area contributed by atoms with Crippen molar-refractivity contribution in [3.8, 4) is 5.75 Å². The van der Waals surface area contributed by atoms with Crippen LogP contribution in [-0.2, 0) is 17.8 Å². The van der Waals surface area contributed by atoms with Gasteiger partial charge in [0.1, 0.15) is 11.6 Å². The summed E-state index contributed by atoms with van der Waals surface area (Å²) >= 11 is 1.38. The second kappa shape index (κ2) is 11.1. The second-order valence-corrected chi connectivity index (χ2v) is 10.3. The van der Waals surface area contributed by atoms with Crippen LogP contribution < -0.4 is 9.64 Å². The van der Waals surface area contributed by atoms with Gasteiger partial charge in [-0.25, -0.2) is 9.37 Å². The number of carboxylic acid groups (broad SMARTS) is 1.